The number of hydrogen-bond acceptors (Lipinski definition) is 4. The Morgan fingerprint density at radius 1 is 1.45 bits per heavy atom. The Balaban J connectivity index is 2.03. The number of aryl methyl sites for hydroxylation is 1. The highest BCUT2D eigenvalue weighted by molar-refractivity contribution is 7.71. The van der Waals surface area contributed by atoms with Gasteiger partial charge in [-0.15, -0.1) is 0 Å². The number of nitriles is 1. The van der Waals surface area contributed by atoms with Crippen molar-refractivity contribution in [2.45, 2.75) is 32.7 Å². The van der Waals surface area contributed by atoms with Crippen molar-refractivity contribution in [3.63, 3.8) is 0 Å². The number of aromatic nitrogens is 3. The molecule has 2 N–H and O–H groups in total. The van der Waals surface area contributed by atoms with Gasteiger partial charge in [0.1, 0.15) is 12.4 Å². The summed E-state index contributed by atoms with van der Waals surface area (Å²) in [6.45, 7) is 2.18. The third-order valence-electron chi connectivity index (χ3n) is 3.13. The molecule has 0 aliphatic carbocycles. The minimum Gasteiger partial charge on any atom is -0.325 e. The van der Waals surface area contributed by atoms with E-state index in [0.29, 0.717) is 16.9 Å². The van der Waals surface area contributed by atoms with E-state index < -0.39 is 0 Å². The zero-order chi connectivity index (χ0) is 15.9. The van der Waals surface area contributed by atoms with Crippen molar-refractivity contribution in [3.8, 4) is 6.07 Å². The molecule has 0 radical (unpaired) electrons. The molecule has 22 heavy (non-hydrogen) atoms. The van der Waals surface area contributed by atoms with Gasteiger partial charge in [0.15, 0.2) is 4.77 Å². The Hall–Kier alpha value is -2.46. The molecule has 0 aliphatic heterocycles. The van der Waals surface area contributed by atoms with Crippen LogP contribution >= 0.6 is 12.2 Å². The Morgan fingerprint density at radius 2 is 2.18 bits per heavy atom. The largest absolute Gasteiger partial charge is 0.325 e. The highest BCUT2D eigenvalue weighted by Gasteiger charge is 2.10. The number of H-pyrrole nitrogens is 1. The number of carbonyl (C=O) groups is 1. The van der Waals surface area contributed by atoms with Crippen LogP contribution < -0.4 is 5.32 Å². The van der Waals surface area contributed by atoms with Crippen LogP contribution in [-0.4, -0.2) is 20.7 Å². The third-order valence-corrected chi connectivity index (χ3v) is 3.45. The summed E-state index contributed by atoms with van der Waals surface area (Å²) in [5, 5.41) is 18.3. The first-order chi connectivity index (χ1) is 10.6. The van der Waals surface area contributed by atoms with E-state index >= 15 is 0 Å². The summed E-state index contributed by atoms with van der Waals surface area (Å²) >= 11 is 5.15. The minimum atomic E-state index is -0.164. The average Bonchev–Trinajstić information content (AvgIpc) is 2.83. The summed E-state index contributed by atoms with van der Waals surface area (Å²) in [5.41, 5.74) is 1.61. The maximum absolute atomic E-state index is 12.1. The van der Waals surface area contributed by atoms with Crippen LogP contribution in [0.3, 0.4) is 0 Å². The van der Waals surface area contributed by atoms with Crippen LogP contribution in [0.2, 0.25) is 0 Å². The van der Waals surface area contributed by atoms with Crippen molar-refractivity contribution in [1.82, 2.24) is 14.8 Å². The second kappa shape index (κ2) is 7.52. The van der Waals surface area contributed by atoms with Gasteiger partial charge in [-0.2, -0.15) is 10.4 Å². The van der Waals surface area contributed by atoms with Crippen molar-refractivity contribution in [3.05, 3.63) is 40.4 Å². The Kier molecular flexibility index (Phi) is 5.44. The molecule has 0 bridgehead atoms. The van der Waals surface area contributed by atoms with Gasteiger partial charge in [0, 0.05) is 12.1 Å². The molecule has 0 saturated heterocycles. The Labute approximate surface area is 133 Å². The number of nitrogens with one attached hydrogen (secondary N) is 2. The summed E-state index contributed by atoms with van der Waals surface area (Å²) in [7, 11) is 0. The standard InChI is InChI=1S/C15H17N5OS/c1-2-3-13-18-19-15(22)20(13)10-14(21)17-12-6-4-11(5-7-12)8-9-16/h4-7H,2-3,8,10H2,1H3,(H,17,21)(H,19,22). The zero-order valence-corrected chi connectivity index (χ0v) is 13.1. The van der Waals surface area contributed by atoms with Crippen molar-refractivity contribution in [1.29, 1.82) is 5.26 Å². The van der Waals surface area contributed by atoms with Gasteiger partial charge in [0.05, 0.1) is 12.5 Å². The lowest BCUT2D eigenvalue weighted by Gasteiger charge is -2.08. The molecule has 0 aliphatic rings. The van der Waals surface area contributed by atoms with E-state index in [2.05, 4.69) is 21.6 Å². The highest BCUT2D eigenvalue weighted by atomic mass is 32.1. The Morgan fingerprint density at radius 3 is 2.82 bits per heavy atom. The van der Waals surface area contributed by atoms with Gasteiger partial charge in [-0.05, 0) is 36.3 Å². The number of anilines is 1. The summed E-state index contributed by atoms with van der Waals surface area (Å²) in [5.74, 6) is 0.620. The zero-order valence-electron chi connectivity index (χ0n) is 12.3. The van der Waals surface area contributed by atoms with E-state index in [1.807, 2.05) is 19.1 Å². The maximum atomic E-state index is 12.1. The van der Waals surface area contributed by atoms with Crippen molar-refractivity contribution in [2.24, 2.45) is 0 Å². The number of hydrogen-bond donors (Lipinski definition) is 2. The van der Waals surface area contributed by atoms with Crippen LogP contribution in [0.5, 0.6) is 0 Å². The number of aromatic amines is 1. The predicted molar refractivity (Wildman–Crippen MR) is 85.8 cm³/mol. The van der Waals surface area contributed by atoms with Gasteiger partial charge in [-0.25, -0.2) is 0 Å². The lowest BCUT2D eigenvalue weighted by molar-refractivity contribution is -0.116. The van der Waals surface area contributed by atoms with Crippen molar-refractivity contribution in [2.75, 3.05) is 5.32 Å². The average molecular weight is 315 g/mol. The Bertz CT molecular complexity index is 739. The van der Waals surface area contributed by atoms with Crippen LogP contribution in [-0.2, 0) is 24.2 Å². The van der Waals surface area contributed by atoms with Crippen LogP contribution in [0, 0.1) is 16.1 Å². The third kappa shape index (κ3) is 4.02. The number of carbonyl (C=O) groups excluding carboxylic acids is 1. The maximum Gasteiger partial charge on any atom is 0.244 e. The lowest BCUT2D eigenvalue weighted by Crippen LogP contribution is -2.20. The molecule has 0 spiro atoms. The molecule has 0 unspecified atom stereocenters. The van der Waals surface area contributed by atoms with E-state index in [0.717, 1.165) is 24.2 Å². The van der Waals surface area contributed by atoms with Gasteiger partial charge in [0.2, 0.25) is 5.91 Å². The van der Waals surface area contributed by atoms with Crippen LogP contribution in [0.1, 0.15) is 24.7 Å². The highest BCUT2D eigenvalue weighted by Crippen LogP contribution is 2.10. The van der Waals surface area contributed by atoms with Gasteiger partial charge in [0.25, 0.3) is 0 Å². The van der Waals surface area contributed by atoms with E-state index in [1.165, 1.54) is 0 Å². The molecule has 0 atom stereocenters. The summed E-state index contributed by atoms with van der Waals surface area (Å²) in [6.07, 6.45) is 2.06. The quantitative estimate of drug-likeness (QED) is 0.802. The number of rotatable bonds is 6. The number of nitrogens with zero attached hydrogens (tertiary/aromatic N) is 3. The topological polar surface area (TPSA) is 86.5 Å². The molecule has 0 saturated carbocycles. The molecule has 114 valence electrons. The van der Waals surface area contributed by atoms with Crippen LogP contribution in [0.15, 0.2) is 24.3 Å². The molecule has 0 fully saturated rings. The predicted octanol–water partition coefficient (Wildman–Crippen LogP) is 2.60. The molecule has 1 aromatic heterocycles. The normalized spacial score (nSPS) is 10.2. The number of benzene rings is 1. The second-order valence-electron chi connectivity index (χ2n) is 4.86. The van der Waals surface area contributed by atoms with Crippen LogP contribution in [0.4, 0.5) is 5.69 Å². The molecular weight excluding hydrogens is 298 g/mol. The summed E-state index contributed by atoms with van der Waals surface area (Å²) in [6, 6.07) is 9.30. The monoisotopic (exact) mass is 315 g/mol. The fourth-order valence-corrected chi connectivity index (χ4v) is 2.28. The number of amides is 1. The first-order valence-electron chi connectivity index (χ1n) is 7.04. The minimum absolute atomic E-state index is 0.130. The van der Waals surface area contributed by atoms with Gasteiger partial charge in [-0.3, -0.25) is 14.5 Å². The summed E-state index contributed by atoms with van der Waals surface area (Å²) in [4.78, 5) is 12.1. The molecule has 1 aromatic carbocycles. The van der Waals surface area contributed by atoms with E-state index in [4.69, 9.17) is 17.5 Å². The first-order valence-corrected chi connectivity index (χ1v) is 7.44. The van der Waals surface area contributed by atoms with Gasteiger partial charge >= 0.3 is 0 Å². The van der Waals surface area contributed by atoms with E-state index in [1.54, 1.807) is 16.7 Å². The lowest BCUT2D eigenvalue weighted by atomic mass is 10.1. The van der Waals surface area contributed by atoms with Gasteiger partial charge < -0.3 is 5.32 Å². The molecule has 2 rings (SSSR count). The molecule has 6 nitrogen and oxygen atoms in total. The molecule has 2 aromatic rings. The van der Waals surface area contributed by atoms with Crippen molar-refractivity contribution < 1.29 is 4.79 Å². The molecule has 1 heterocycles. The van der Waals surface area contributed by atoms with Crippen molar-refractivity contribution >= 4 is 23.8 Å². The fraction of sp³-hybridized carbons (Fsp3) is 0.333. The van der Waals surface area contributed by atoms with E-state index in [-0.39, 0.29) is 12.5 Å². The smallest absolute Gasteiger partial charge is 0.244 e. The SMILES string of the molecule is CCCc1n[nH]c(=S)n1CC(=O)Nc1ccc(CC#N)cc1. The summed E-state index contributed by atoms with van der Waals surface area (Å²) < 4.78 is 2.15. The first kappa shape index (κ1) is 15.9. The van der Waals surface area contributed by atoms with Crippen LogP contribution in [0.25, 0.3) is 0 Å². The second-order valence-corrected chi connectivity index (χ2v) is 5.25. The molecular formula is C15H17N5OS. The fourth-order valence-electron chi connectivity index (χ4n) is 2.07. The van der Waals surface area contributed by atoms with E-state index in [9.17, 15) is 4.79 Å². The molecule has 1 amide bonds. The molecule has 7 heteroatoms. The van der Waals surface area contributed by atoms with Gasteiger partial charge in [-0.1, -0.05) is 19.1 Å².